The van der Waals surface area contributed by atoms with Crippen molar-refractivity contribution in [2.24, 2.45) is 0 Å². The third-order valence-corrected chi connectivity index (χ3v) is 7.41. The minimum Gasteiger partial charge on any atom is -0.459 e. The highest BCUT2D eigenvalue weighted by Crippen LogP contribution is 2.32. The normalized spacial score (nSPS) is 15.5. The minimum absolute atomic E-state index is 0.201. The maximum Gasteiger partial charge on any atom is 0.320 e. The average molecular weight is 563 g/mol. The molecule has 4 rings (SSSR count). The number of nitrogens with one attached hydrogen (secondary N) is 1. The molecule has 41 heavy (non-hydrogen) atoms. The van der Waals surface area contributed by atoms with E-state index >= 15 is 0 Å². The first-order valence-corrected chi connectivity index (χ1v) is 15.0. The second kappa shape index (κ2) is 14.3. The van der Waals surface area contributed by atoms with Crippen LogP contribution in [-0.2, 0) is 33.8 Å². The maximum absolute atomic E-state index is 11.9. The number of oxazole rings is 1. The summed E-state index contributed by atoms with van der Waals surface area (Å²) in [6.45, 7) is 8.18. The zero-order valence-electron chi connectivity index (χ0n) is 25.5. The van der Waals surface area contributed by atoms with Gasteiger partial charge in [0.15, 0.2) is 11.9 Å². The van der Waals surface area contributed by atoms with Crippen LogP contribution < -0.4 is 5.32 Å². The van der Waals surface area contributed by atoms with Crippen molar-refractivity contribution in [2.45, 2.75) is 90.2 Å². The fraction of sp³-hybridized carbons (Fsp3) is 0.529. The van der Waals surface area contributed by atoms with Gasteiger partial charge in [-0.3, -0.25) is 4.79 Å². The van der Waals surface area contributed by atoms with Crippen molar-refractivity contribution >= 4 is 5.97 Å². The second-order valence-corrected chi connectivity index (χ2v) is 12.9. The number of quaternary nitrogens is 1. The lowest BCUT2D eigenvalue weighted by molar-refractivity contribution is -0.904. The van der Waals surface area contributed by atoms with E-state index in [9.17, 15) is 4.79 Å². The van der Waals surface area contributed by atoms with Gasteiger partial charge in [0.1, 0.15) is 12.1 Å². The number of likely N-dealkylation sites (N-methyl/N-ethyl adjacent to an activating group) is 1. The molecule has 1 atom stereocenters. The predicted octanol–water partition coefficient (Wildman–Crippen LogP) is 6.36. The Hall–Kier alpha value is -3.00. The molecule has 0 radical (unpaired) electrons. The molecule has 1 N–H and O–H groups in total. The monoisotopic (exact) mass is 562 g/mol. The molecule has 3 aromatic rings. The molecule has 7 nitrogen and oxygen atoms in total. The zero-order chi connectivity index (χ0) is 29.3. The molecule has 0 spiro atoms. The molecule has 222 valence electrons. The summed E-state index contributed by atoms with van der Waals surface area (Å²) in [6, 6.07) is 18.9. The lowest BCUT2D eigenvalue weighted by atomic mass is 9.97. The van der Waals surface area contributed by atoms with E-state index in [4.69, 9.17) is 13.9 Å². The first-order chi connectivity index (χ1) is 19.6. The van der Waals surface area contributed by atoms with Gasteiger partial charge in [-0.2, -0.15) is 0 Å². The van der Waals surface area contributed by atoms with Gasteiger partial charge in [-0.05, 0) is 50.3 Å². The highest BCUT2D eigenvalue weighted by Gasteiger charge is 2.27. The molecule has 1 aromatic heterocycles. The Kier molecular flexibility index (Phi) is 10.8. The van der Waals surface area contributed by atoms with Crippen molar-refractivity contribution in [3.63, 3.8) is 0 Å². The molecule has 0 aliphatic heterocycles. The number of esters is 1. The van der Waals surface area contributed by atoms with Crippen molar-refractivity contribution in [1.29, 1.82) is 0 Å². The zero-order valence-corrected chi connectivity index (χ0v) is 25.5. The van der Waals surface area contributed by atoms with E-state index in [1.807, 2.05) is 45.2 Å². The van der Waals surface area contributed by atoms with Gasteiger partial charge in [-0.1, -0.05) is 73.9 Å². The van der Waals surface area contributed by atoms with Crippen LogP contribution in [0.25, 0.3) is 0 Å². The van der Waals surface area contributed by atoms with Gasteiger partial charge in [0.05, 0.1) is 39.5 Å². The predicted molar refractivity (Wildman–Crippen MR) is 161 cm³/mol. The number of benzene rings is 2. The van der Waals surface area contributed by atoms with Gasteiger partial charge in [0.25, 0.3) is 0 Å². The van der Waals surface area contributed by atoms with Gasteiger partial charge in [0, 0.05) is 13.0 Å². The molecule has 1 heterocycles. The van der Waals surface area contributed by atoms with Crippen molar-refractivity contribution in [3.05, 3.63) is 89.1 Å². The summed E-state index contributed by atoms with van der Waals surface area (Å²) >= 11 is 0. The van der Waals surface area contributed by atoms with E-state index < -0.39 is 5.60 Å². The average Bonchev–Trinajstić information content (AvgIpc) is 3.38. The molecule has 2 aromatic carbocycles. The lowest BCUT2D eigenvalue weighted by Crippen LogP contribution is -2.40. The third-order valence-electron chi connectivity index (χ3n) is 7.41. The summed E-state index contributed by atoms with van der Waals surface area (Å²) in [6.07, 6.45) is 8.75. The van der Waals surface area contributed by atoms with E-state index in [-0.39, 0.29) is 24.7 Å². The van der Waals surface area contributed by atoms with E-state index in [1.54, 1.807) is 0 Å². The van der Waals surface area contributed by atoms with E-state index in [2.05, 4.69) is 60.8 Å². The number of carbonyl (C=O) groups excluding carboxylic acids is 1. The number of ether oxygens (including phenoxy) is 2. The van der Waals surface area contributed by atoms with Gasteiger partial charge in [-0.15, -0.1) is 0 Å². The van der Waals surface area contributed by atoms with Crippen molar-refractivity contribution in [2.75, 3.05) is 27.2 Å². The minimum atomic E-state index is -0.462. The van der Waals surface area contributed by atoms with Crippen molar-refractivity contribution < 1.29 is 23.2 Å². The van der Waals surface area contributed by atoms with Crippen molar-refractivity contribution in [3.8, 4) is 0 Å². The van der Waals surface area contributed by atoms with Crippen LogP contribution in [-0.4, -0.2) is 54.3 Å². The standard InChI is InChI=1S/C34H48N3O4/c1-34(2,3)41-31(38)24-35-22-27-18-16-26(17-19-27)20-21-37(4,5)25-30-23-36-33(40-30)32(28-12-8-6-9-13-28)39-29-14-10-7-11-15-29/h6,8-9,12-13,16-19,23,29,32,35H,7,10-11,14-15,20-22,24-25H2,1-5H3/q+1/t32-/m1/s1. The van der Waals surface area contributed by atoms with Gasteiger partial charge in [-0.25, -0.2) is 4.98 Å². The number of carbonyl (C=O) groups is 1. The maximum atomic E-state index is 11.9. The van der Waals surface area contributed by atoms with Crippen LogP contribution >= 0.6 is 0 Å². The first-order valence-electron chi connectivity index (χ1n) is 15.0. The van der Waals surface area contributed by atoms with Gasteiger partial charge < -0.3 is 23.7 Å². The van der Waals surface area contributed by atoms with Gasteiger partial charge >= 0.3 is 5.97 Å². The number of hydrogen-bond acceptors (Lipinski definition) is 6. The number of aromatic nitrogens is 1. The highest BCUT2D eigenvalue weighted by atomic mass is 16.6. The molecule has 0 bridgehead atoms. The summed E-state index contributed by atoms with van der Waals surface area (Å²) in [7, 11) is 4.45. The highest BCUT2D eigenvalue weighted by molar-refractivity contribution is 5.72. The van der Waals surface area contributed by atoms with E-state index in [0.717, 1.165) is 53.7 Å². The Morgan fingerprint density at radius 3 is 2.39 bits per heavy atom. The second-order valence-electron chi connectivity index (χ2n) is 12.9. The molecular weight excluding hydrogens is 514 g/mol. The van der Waals surface area contributed by atoms with Crippen LogP contribution in [0.2, 0.25) is 0 Å². The summed E-state index contributed by atoms with van der Waals surface area (Å²) < 4.78 is 19.1. The van der Waals surface area contributed by atoms with E-state index in [0.29, 0.717) is 12.4 Å². The number of nitrogens with zero attached hydrogens (tertiary/aromatic N) is 2. The quantitative estimate of drug-likeness (QED) is 0.193. The summed E-state index contributed by atoms with van der Waals surface area (Å²) in [4.78, 5) is 16.6. The largest absolute Gasteiger partial charge is 0.459 e. The molecule has 1 saturated carbocycles. The summed E-state index contributed by atoms with van der Waals surface area (Å²) in [5.74, 6) is 1.29. The molecule has 0 amide bonds. The SMILES string of the molecule is CC(C)(C)OC(=O)CNCc1ccc(CC[N+](C)(C)Cc2cnc([C@H](OC3CCCCC3)c3ccccc3)o2)cc1. The Morgan fingerprint density at radius 2 is 1.71 bits per heavy atom. The van der Waals surface area contributed by atoms with Crippen LogP contribution in [0.4, 0.5) is 0 Å². The Balaban J connectivity index is 1.28. The van der Waals surface area contributed by atoms with Crippen LogP contribution in [0.3, 0.4) is 0 Å². The molecule has 7 heteroatoms. The molecular formula is C34H48N3O4+. The Bertz CT molecular complexity index is 1210. The number of rotatable bonds is 13. The molecule has 0 unspecified atom stereocenters. The molecule has 1 aliphatic rings. The van der Waals surface area contributed by atoms with Crippen molar-refractivity contribution in [1.82, 2.24) is 10.3 Å². The first kappa shape index (κ1) is 30.9. The van der Waals surface area contributed by atoms with E-state index in [1.165, 1.54) is 24.8 Å². The Morgan fingerprint density at radius 1 is 1.02 bits per heavy atom. The third kappa shape index (κ3) is 10.4. The topological polar surface area (TPSA) is 73.6 Å². The van der Waals surface area contributed by atoms with Crippen LogP contribution in [0.15, 0.2) is 65.2 Å². The summed E-state index contributed by atoms with van der Waals surface area (Å²) in [5, 5.41) is 3.17. The lowest BCUT2D eigenvalue weighted by Gasteiger charge is -2.29. The molecule has 0 saturated heterocycles. The number of hydrogen-bond donors (Lipinski definition) is 1. The van der Waals surface area contributed by atoms with Crippen LogP contribution in [0.5, 0.6) is 0 Å². The smallest absolute Gasteiger partial charge is 0.320 e. The van der Waals surface area contributed by atoms with Gasteiger partial charge in [0.2, 0.25) is 5.89 Å². The fourth-order valence-electron chi connectivity index (χ4n) is 5.26. The molecule has 1 fully saturated rings. The Labute approximate surface area is 245 Å². The van der Waals surface area contributed by atoms with Crippen LogP contribution in [0, 0.1) is 0 Å². The molecule has 1 aliphatic carbocycles. The fourth-order valence-corrected chi connectivity index (χ4v) is 5.26. The summed E-state index contributed by atoms with van der Waals surface area (Å²) in [5.41, 5.74) is 3.05. The van der Waals surface area contributed by atoms with Crippen LogP contribution in [0.1, 0.15) is 87.3 Å².